The number of fused-ring (bicyclic) bond motifs is 1. The summed E-state index contributed by atoms with van der Waals surface area (Å²) < 4.78 is 50.9. The van der Waals surface area contributed by atoms with Gasteiger partial charge in [0.1, 0.15) is 22.2 Å². The van der Waals surface area contributed by atoms with Crippen LogP contribution in [-0.4, -0.2) is 62.4 Å². The molecule has 10 heteroatoms. The van der Waals surface area contributed by atoms with Gasteiger partial charge in [-0.25, -0.2) is 4.39 Å². The van der Waals surface area contributed by atoms with Crippen LogP contribution in [0.2, 0.25) is 0 Å². The topological polar surface area (TPSA) is 89.0 Å². The molecule has 196 valence electrons. The van der Waals surface area contributed by atoms with Crippen LogP contribution in [0.4, 0.5) is 4.39 Å². The van der Waals surface area contributed by atoms with Crippen molar-refractivity contribution in [3.63, 3.8) is 0 Å². The molecule has 0 saturated carbocycles. The van der Waals surface area contributed by atoms with E-state index in [0.29, 0.717) is 54.8 Å². The lowest BCUT2D eigenvalue weighted by Crippen LogP contribution is -2.48. The number of methoxy groups -OCH3 is 1. The molecular weight excluding hydrogens is 509 g/mol. The third kappa shape index (κ3) is 5.32. The predicted octanol–water partition coefficient (Wildman–Crippen LogP) is 4.11. The fourth-order valence-electron chi connectivity index (χ4n) is 4.50. The number of carbonyl (C=O) groups is 1. The number of benzene rings is 3. The van der Waals surface area contributed by atoms with Crippen LogP contribution in [0.25, 0.3) is 10.9 Å². The minimum Gasteiger partial charge on any atom is -0.496 e. The Morgan fingerprint density at radius 1 is 0.974 bits per heavy atom. The van der Waals surface area contributed by atoms with E-state index in [-0.39, 0.29) is 28.1 Å². The molecule has 1 aliphatic rings. The quantitative estimate of drug-likeness (QED) is 0.329. The summed E-state index contributed by atoms with van der Waals surface area (Å²) in [5.74, 6) is -0.259. The van der Waals surface area contributed by atoms with Gasteiger partial charge in [0.05, 0.1) is 18.2 Å². The highest BCUT2D eigenvalue weighted by Gasteiger charge is 2.26. The van der Waals surface area contributed by atoms with Gasteiger partial charge in [-0.3, -0.25) is 14.7 Å². The van der Waals surface area contributed by atoms with E-state index in [4.69, 9.17) is 8.92 Å². The van der Waals surface area contributed by atoms with E-state index in [1.807, 2.05) is 6.07 Å². The molecule has 1 aromatic heterocycles. The number of amides is 1. The summed E-state index contributed by atoms with van der Waals surface area (Å²) in [6.45, 7) is 2.61. The SMILES string of the molecule is COc1cc(OS(=O)(=O)c2cccc3cccnc23)ccc1C(=O)N1CCN(Cc2ccccc2F)CC1. The first-order chi connectivity index (χ1) is 18.4. The summed E-state index contributed by atoms with van der Waals surface area (Å²) in [6.07, 6.45) is 1.52. The van der Waals surface area contributed by atoms with Gasteiger partial charge in [0.25, 0.3) is 5.91 Å². The first-order valence-electron chi connectivity index (χ1n) is 12.1. The monoisotopic (exact) mass is 535 g/mol. The Morgan fingerprint density at radius 3 is 2.50 bits per heavy atom. The maximum absolute atomic E-state index is 14.0. The van der Waals surface area contributed by atoms with Gasteiger partial charge in [0, 0.05) is 55.9 Å². The number of carbonyl (C=O) groups excluding carboxylic acids is 1. The Bertz CT molecular complexity index is 1580. The van der Waals surface area contributed by atoms with Crippen LogP contribution in [0.1, 0.15) is 15.9 Å². The Kier molecular flexibility index (Phi) is 7.26. The molecule has 0 unspecified atom stereocenters. The van der Waals surface area contributed by atoms with E-state index in [1.165, 1.54) is 43.6 Å². The van der Waals surface area contributed by atoms with E-state index >= 15 is 0 Å². The molecule has 0 radical (unpaired) electrons. The van der Waals surface area contributed by atoms with Crippen LogP contribution in [0, 0.1) is 5.82 Å². The molecule has 3 aromatic carbocycles. The van der Waals surface area contributed by atoms with Gasteiger partial charge in [-0.15, -0.1) is 0 Å². The fourth-order valence-corrected chi connectivity index (χ4v) is 5.60. The molecule has 4 aromatic rings. The number of nitrogens with zero attached hydrogens (tertiary/aromatic N) is 3. The van der Waals surface area contributed by atoms with Crippen molar-refractivity contribution in [3.8, 4) is 11.5 Å². The van der Waals surface area contributed by atoms with Crippen molar-refractivity contribution in [1.29, 1.82) is 0 Å². The summed E-state index contributed by atoms with van der Waals surface area (Å²) in [7, 11) is -2.79. The molecule has 0 N–H and O–H groups in total. The summed E-state index contributed by atoms with van der Waals surface area (Å²) in [5.41, 5.74) is 1.23. The van der Waals surface area contributed by atoms with Crippen molar-refractivity contribution < 1.29 is 26.5 Å². The van der Waals surface area contributed by atoms with Gasteiger partial charge in [0.2, 0.25) is 0 Å². The Labute approximate surface area is 220 Å². The van der Waals surface area contributed by atoms with Crippen LogP contribution in [0.5, 0.6) is 11.5 Å². The van der Waals surface area contributed by atoms with Crippen LogP contribution in [-0.2, 0) is 16.7 Å². The van der Waals surface area contributed by atoms with Crippen molar-refractivity contribution in [1.82, 2.24) is 14.8 Å². The minimum absolute atomic E-state index is 0.0149. The number of hydrogen-bond acceptors (Lipinski definition) is 7. The minimum atomic E-state index is -4.20. The molecule has 8 nitrogen and oxygen atoms in total. The van der Waals surface area contributed by atoms with Crippen LogP contribution >= 0.6 is 0 Å². The van der Waals surface area contributed by atoms with E-state index in [1.54, 1.807) is 41.3 Å². The highest BCUT2D eigenvalue weighted by atomic mass is 32.2. The van der Waals surface area contributed by atoms with Crippen molar-refractivity contribution in [2.75, 3.05) is 33.3 Å². The summed E-state index contributed by atoms with van der Waals surface area (Å²) in [6, 6.07) is 19.3. The molecule has 38 heavy (non-hydrogen) atoms. The van der Waals surface area contributed by atoms with Crippen molar-refractivity contribution in [2.45, 2.75) is 11.4 Å². The normalized spacial score (nSPS) is 14.4. The highest BCUT2D eigenvalue weighted by molar-refractivity contribution is 7.87. The number of hydrogen-bond donors (Lipinski definition) is 0. The van der Waals surface area contributed by atoms with Crippen molar-refractivity contribution in [3.05, 3.63) is 95.9 Å². The summed E-state index contributed by atoms with van der Waals surface area (Å²) in [4.78, 5) is 21.2. The van der Waals surface area contributed by atoms with Gasteiger partial charge in [0.15, 0.2) is 0 Å². The highest BCUT2D eigenvalue weighted by Crippen LogP contribution is 2.30. The van der Waals surface area contributed by atoms with Gasteiger partial charge in [-0.05, 0) is 30.3 Å². The zero-order valence-electron chi connectivity index (χ0n) is 20.7. The Morgan fingerprint density at radius 2 is 1.74 bits per heavy atom. The van der Waals surface area contributed by atoms with Crippen LogP contribution < -0.4 is 8.92 Å². The third-order valence-corrected chi connectivity index (χ3v) is 7.77. The number of halogens is 1. The molecule has 0 atom stereocenters. The number of para-hydroxylation sites is 1. The zero-order chi connectivity index (χ0) is 26.7. The van der Waals surface area contributed by atoms with E-state index in [2.05, 4.69) is 9.88 Å². The molecule has 2 heterocycles. The molecule has 1 amide bonds. The van der Waals surface area contributed by atoms with Crippen molar-refractivity contribution in [2.24, 2.45) is 0 Å². The fraction of sp³-hybridized carbons (Fsp3) is 0.214. The maximum Gasteiger partial charge on any atom is 0.341 e. The lowest BCUT2D eigenvalue weighted by atomic mass is 10.1. The molecule has 1 fully saturated rings. The average molecular weight is 536 g/mol. The first-order valence-corrected chi connectivity index (χ1v) is 13.5. The molecule has 0 aliphatic carbocycles. The maximum atomic E-state index is 14.0. The number of aromatic nitrogens is 1. The van der Waals surface area contributed by atoms with Crippen LogP contribution in [0.15, 0.2) is 83.9 Å². The smallest absolute Gasteiger partial charge is 0.341 e. The molecule has 1 saturated heterocycles. The molecule has 0 spiro atoms. The second kappa shape index (κ2) is 10.8. The number of piperazine rings is 1. The van der Waals surface area contributed by atoms with E-state index in [9.17, 15) is 17.6 Å². The number of ether oxygens (including phenoxy) is 1. The number of pyridine rings is 1. The van der Waals surface area contributed by atoms with Gasteiger partial charge in [-0.1, -0.05) is 36.4 Å². The number of rotatable bonds is 7. The zero-order valence-corrected chi connectivity index (χ0v) is 21.5. The largest absolute Gasteiger partial charge is 0.496 e. The Balaban J connectivity index is 1.29. The molecule has 1 aliphatic heterocycles. The van der Waals surface area contributed by atoms with Gasteiger partial charge < -0.3 is 13.8 Å². The lowest BCUT2D eigenvalue weighted by molar-refractivity contribution is 0.0624. The van der Waals surface area contributed by atoms with Gasteiger partial charge in [-0.2, -0.15) is 8.42 Å². The summed E-state index contributed by atoms with van der Waals surface area (Å²) >= 11 is 0. The standard InChI is InChI=1S/C28H26FN3O5S/c1-36-25-18-22(37-38(34,35)26-10-4-7-20-8-5-13-30-27(20)26)11-12-23(25)28(33)32-16-14-31(15-17-32)19-21-6-2-3-9-24(21)29/h2-13,18H,14-17,19H2,1H3. The average Bonchev–Trinajstić information content (AvgIpc) is 2.93. The molecule has 5 rings (SSSR count). The summed E-state index contributed by atoms with van der Waals surface area (Å²) in [5, 5.41) is 0.671. The van der Waals surface area contributed by atoms with Crippen molar-refractivity contribution >= 4 is 26.9 Å². The van der Waals surface area contributed by atoms with E-state index in [0.717, 1.165) is 0 Å². The molecular formula is C28H26FN3O5S. The predicted molar refractivity (Wildman–Crippen MR) is 140 cm³/mol. The molecule has 0 bridgehead atoms. The second-order valence-electron chi connectivity index (χ2n) is 8.89. The Hall–Kier alpha value is -4.02. The van der Waals surface area contributed by atoms with Crippen LogP contribution in [0.3, 0.4) is 0 Å². The second-order valence-corrected chi connectivity index (χ2v) is 10.4. The van der Waals surface area contributed by atoms with E-state index < -0.39 is 10.1 Å². The third-order valence-electron chi connectivity index (χ3n) is 6.49. The first kappa shape index (κ1) is 25.6. The van der Waals surface area contributed by atoms with Gasteiger partial charge >= 0.3 is 10.1 Å². The lowest BCUT2D eigenvalue weighted by Gasteiger charge is -2.35.